The van der Waals surface area contributed by atoms with Crippen LogP contribution in [-0.4, -0.2) is 40.4 Å². The van der Waals surface area contributed by atoms with E-state index >= 15 is 0 Å². The molecule has 1 N–H and O–H groups in total. The molecule has 1 heterocycles. The van der Waals surface area contributed by atoms with Crippen LogP contribution in [0.4, 0.5) is 0 Å². The molecule has 148 valence electrons. The number of rotatable bonds is 10. The van der Waals surface area contributed by atoms with Gasteiger partial charge in [0.15, 0.2) is 5.16 Å². The van der Waals surface area contributed by atoms with Crippen LogP contribution in [-0.2, 0) is 17.0 Å². The maximum atomic E-state index is 12.2. The van der Waals surface area contributed by atoms with Gasteiger partial charge in [0.25, 0.3) is 5.91 Å². The first-order valence-electron chi connectivity index (χ1n) is 9.40. The molecule has 0 aliphatic carbocycles. The average molecular weight is 391 g/mol. The minimum Gasteiger partial charge on any atom is -0.383 e. The Labute approximate surface area is 166 Å². The van der Waals surface area contributed by atoms with E-state index < -0.39 is 0 Å². The molecule has 0 aliphatic heterocycles. The molecule has 2 aromatic rings. The summed E-state index contributed by atoms with van der Waals surface area (Å²) in [4.78, 5) is 12.2. The lowest BCUT2D eigenvalue weighted by Gasteiger charge is -2.12. The van der Waals surface area contributed by atoms with Gasteiger partial charge in [-0.2, -0.15) is 0 Å². The molecular formula is C20H30N4O2S. The number of thioether (sulfide) groups is 1. The number of methoxy groups -OCH3 is 1. The number of nitrogens with zero attached hydrogens (tertiary/aromatic N) is 3. The second-order valence-electron chi connectivity index (χ2n) is 6.91. The molecule has 7 heteroatoms. The van der Waals surface area contributed by atoms with Crippen molar-refractivity contribution < 1.29 is 9.53 Å². The van der Waals surface area contributed by atoms with E-state index in [1.54, 1.807) is 18.9 Å². The Kier molecular flexibility index (Phi) is 8.31. The highest BCUT2D eigenvalue weighted by Gasteiger charge is 2.15. The lowest BCUT2D eigenvalue weighted by Crippen LogP contribution is -2.31. The largest absolute Gasteiger partial charge is 0.383 e. The smallest absolute Gasteiger partial charge is 0.251 e. The van der Waals surface area contributed by atoms with Crippen molar-refractivity contribution in [1.29, 1.82) is 0 Å². The quantitative estimate of drug-likeness (QED) is 0.624. The first kappa shape index (κ1) is 21.4. The summed E-state index contributed by atoms with van der Waals surface area (Å²) in [5, 5.41) is 12.6. The molecule has 1 amide bonds. The minimum absolute atomic E-state index is 0.0237. The van der Waals surface area contributed by atoms with E-state index in [0.29, 0.717) is 18.1 Å². The second-order valence-corrected chi connectivity index (χ2v) is 7.85. The molecule has 1 aromatic carbocycles. The van der Waals surface area contributed by atoms with Crippen molar-refractivity contribution in [2.24, 2.45) is 0 Å². The van der Waals surface area contributed by atoms with Crippen LogP contribution in [0.2, 0.25) is 0 Å². The summed E-state index contributed by atoms with van der Waals surface area (Å²) in [6.07, 6.45) is 0.919. The topological polar surface area (TPSA) is 69.0 Å². The molecule has 0 spiro atoms. The molecule has 0 aliphatic rings. The fourth-order valence-electron chi connectivity index (χ4n) is 2.54. The Bertz CT molecular complexity index is 728. The van der Waals surface area contributed by atoms with E-state index in [4.69, 9.17) is 4.74 Å². The number of benzene rings is 1. The van der Waals surface area contributed by atoms with Crippen molar-refractivity contribution in [3.63, 3.8) is 0 Å². The van der Waals surface area contributed by atoms with Crippen LogP contribution in [0.1, 0.15) is 61.8 Å². The summed E-state index contributed by atoms with van der Waals surface area (Å²) in [6, 6.07) is 7.93. The predicted octanol–water partition coefficient (Wildman–Crippen LogP) is 3.87. The van der Waals surface area contributed by atoms with E-state index in [2.05, 4.69) is 40.9 Å². The molecule has 6 nitrogen and oxygen atoms in total. The molecule has 1 atom stereocenters. The van der Waals surface area contributed by atoms with Gasteiger partial charge in [0.1, 0.15) is 5.82 Å². The molecule has 0 bridgehead atoms. The summed E-state index contributed by atoms with van der Waals surface area (Å²) in [7, 11) is 1.70. The van der Waals surface area contributed by atoms with Crippen LogP contribution in [0, 0.1) is 0 Å². The van der Waals surface area contributed by atoms with Gasteiger partial charge in [-0.05, 0) is 31.0 Å². The van der Waals surface area contributed by atoms with E-state index in [-0.39, 0.29) is 11.9 Å². The van der Waals surface area contributed by atoms with Crippen LogP contribution in [0.3, 0.4) is 0 Å². The molecule has 0 saturated heterocycles. The zero-order valence-corrected chi connectivity index (χ0v) is 17.7. The van der Waals surface area contributed by atoms with Gasteiger partial charge in [0.05, 0.1) is 6.61 Å². The van der Waals surface area contributed by atoms with Crippen LogP contribution in [0.15, 0.2) is 29.4 Å². The number of carbonyl (C=O) groups is 1. The molecular weight excluding hydrogens is 360 g/mol. The Morgan fingerprint density at radius 2 is 1.93 bits per heavy atom. The molecule has 1 aromatic heterocycles. The number of carbonyl (C=O) groups excluding carboxylic acids is 1. The highest BCUT2D eigenvalue weighted by atomic mass is 32.2. The molecule has 27 heavy (non-hydrogen) atoms. The Balaban J connectivity index is 2.01. The number of ether oxygens (including phenoxy) is 1. The number of hydrogen-bond donors (Lipinski definition) is 1. The van der Waals surface area contributed by atoms with Crippen molar-refractivity contribution in [2.75, 3.05) is 13.7 Å². The van der Waals surface area contributed by atoms with Crippen LogP contribution >= 0.6 is 11.8 Å². The highest BCUT2D eigenvalue weighted by Crippen LogP contribution is 2.24. The fraction of sp³-hybridized carbons (Fsp3) is 0.550. The van der Waals surface area contributed by atoms with Crippen LogP contribution < -0.4 is 5.32 Å². The number of amides is 1. The van der Waals surface area contributed by atoms with Gasteiger partial charge in [0.2, 0.25) is 0 Å². The van der Waals surface area contributed by atoms with Gasteiger partial charge in [-0.1, -0.05) is 44.7 Å². The summed E-state index contributed by atoms with van der Waals surface area (Å²) in [6.45, 7) is 9.67. The van der Waals surface area contributed by atoms with Crippen molar-refractivity contribution in [1.82, 2.24) is 20.1 Å². The summed E-state index contributed by atoms with van der Waals surface area (Å²) < 4.78 is 7.35. The van der Waals surface area contributed by atoms with Crippen LogP contribution in [0.25, 0.3) is 0 Å². The third kappa shape index (κ3) is 6.07. The van der Waals surface area contributed by atoms with E-state index in [1.165, 1.54) is 0 Å². The van der Waals surface area contributed by atoms with Gasteiger partial charge in [0, 0.05) is 36.9 Å². The van der Waals surface area contributed by atoms with Crippen LogP contribution in [0.5, 0.6) is 0 Å². The van der Waals surface area contributed by atoms with Gasteiger partial charge in [-0.3, -0.25) is 4.79 Å². The molecule has 2 rings (SSSR count). The second kappa shape index (κ2) is 10.5. The molecule has 0 fully saturated rings. The summed E-state index contributed by atoms with van der Waals surface area (Å²) >= 11 is 1.65. The average Bonchev–Trinajstić information content (AvgIpc) is 3.07. The number of hydrogen-bond acceptors (Lipinski definition) is 5. The van der Waals surface area contributed by atoms with E-state index in [1.807, 2.05) is 31.2 Å². The maximum absolute atomic E-state index is 12.2. The van der Waals surface area contributed by atoms with E-state index in [9.17, 15) is 4.79 Å². The molecule has 0 radical (unpaired) electrons. The van der Waals surface area contributed by atoms with Crippen molar-refractivity contribution in [2.45, 2.75) is 63.5 Å². The SMILES string of the molecule is CCC(C)NC(=O)c1ccc(CSc2nnc(C(C)C)n2CCOC)cc1. The standard InChI is InChI=1S/C20H30N4O2S/c1-6-15(4)21-19(25)17-9-7-16(8-10-17)13-27-20-23-22-18(14(2)3)24(20)11-12-26-5/h7-10,14-15H,6,11-13H2,1-5H3,(H,21,25). The Morgan fingerprint density at radius 3 is 2.52 bits per heavy atom. The summed E-state index contributed by atoms with van der Waals surface area (Å²) in [5.41, 5.74) is 1.84. The third-order valence-electron chi connectivity index (χ3n) is 4.35. The Hall–Kier alpha value is -1.86. The van der Waals surface area contributed by atoms with Gasteiger partial charge in [-0.25, -0.2) is 0 Å². The zero-order valence-electron chi connectivity index (χ0n) is 16.9. The third-order valence-corrected chi connectivity index (χ3v) is 5.39. The van der Waals surface area contributed by atoms with E-state index in [0.717, 1.165) is 35.3 Å². The summed E-state index contributed by atoms with van der Waals surface area (Å²) in [5.74, 6) is 2.04. The van der Waals surface area contributed by atoms with Gasteiger partial charge < -0.3 is 14.6 Å². The lowest BCUT2D eigenvalue weighted by atomic mass is 10.1. The number of aromatic nitrogens is 3. The fourth-order valence-corrected chi connectivity index (χ4v) is 3.46. The van der Waals surface area contributed by atoms with Gasteiger partial charge >= 0.3 is 0 Å². The zero-order chi connectivity index (χ0) is 19.8. The molecule has 0 saturated carbocycles. The highest BCUT2D eigenvalue weighted by molar-refractivity contribution is 7.98. The van der Waals surface area contributed by atoms with Crippen molar-refractivity contribution in [3.8, 4) is 0 Å². The first-order chi connectivity index (χ1) is 13.0. The minimum atomic E-state index is -0.0237. The monoisotopic (exact) mass is 390 g/mol. The van der Waals surface area contributed by atoms with Gasteiger partial charge in [-0.15, -0.1) is 10.2 Å². The van der Waals surface area contributed by atoms with Crippen molar-refractivity contribution >= 4 is 17.7 Å². The predicted molar refractivity (Wildman–Crippen MR) is 109 cm³/mol. The Morgan fingerprint density at radius 1 is 1.22 bits per heavy atom. The van der Waals surface area contributed by atoms with Crippen molar-refractivity contribution in [3.05, 3.63) is 41.2 Å². The lowest BCUT2D eigenvalue weighted by molar-refractivity contribution is 0.0939. The first-order valence-corrected chi connectivity index (χ1v) is 10.4. The normalized spacial score (nSPS) is 12.4. The number of nitrogens with one attached hydrogen (secondary N) is 1. The molecule has 1 unspecified atom stereocenters. The maximum Gasteiger partial charge on any atom is 0.251 e.